The number of carbonyl (C=O) groups is 2. The third kappa shape index (κ3) is 4.70. The number of hydrogen-bond acceptors (Lipinski definition) is 3. The van der Waals surface area contributed by atoms with Crippen molar-refractivity contribution in [2.24, 2.45) is 11.3 Å². The molecule has 1 aliphatic rings. The number of urea groups is 1. The van der Waals surface area contributed by atoms with E-state index in [1.54, 1.807) is 18.7 Å². The van der Waals surface area contributed by atoms with E-state index in [2.05, 4.69) is 5.32 Å². The van der Waals surface area contributed by atoms with Crippen molar-refractivity contribution in [1.29, 1.82) is 0 Å². The summed E-state index contributed by atoms with van der Waals surface area (Å²) in [4.78, 5) is 24.6. The number of likely N-dealkylation sites (tertiary alicyclic amines) is 1. The number of nitrogens with one attached hydrogen (secondary N) is 1. The van der Waals surface area contributed by atoms with Crippen molar-refractivity contribution in [3.05, 3.63) is 0 Å². The van der Waals surface area contributed by atoms with Crippen LogP contribution in [0.5, 0.6) is 0 Å². The number of carbonyl (C=O) groups excluding carboxylic acids is 1. The summed E-state index contributed by atoms with van der Waals surface area (Å²) >= 11 is 0. The van der Waals surface area contributed by atoms with Gasteiger partial charge in [0.15, 0.2) is 0 Å². The lowest BCUT2D eigenvalue weighted by Gasteiger charge is -2.33. The molecule has 1 heterocycles. The molecular formula is C13H24N2O4. The number of hydrogen-bond donors (Lipinski definition) is 3. The first kappa shape index (κ1) is 15.8. The Morgan fingerprint density at radius 1 is 1.42 bits per heavy atom. The highest BCUT2D eigenvalue weighted by atomic mass is 16.4. The van der Waals surface area contributed by atoms with Crippen molar-refractivity contribution in [2.45, 2.75) is 33.1 Å². The van der Waals surface area contributed by atoms with Crippen molar-refractivity contribution >= 4 is 12.0 Å². The van der Waals surface area contributed by atoms with E-state index >= 15 is 0 Å². The topological polar surface area (TPSA) is 89.9 Å². The Morgan fingerprint density at radius 3 is 2.68 bits per heavy atom. The smallest absolute Gasteiger partial charge is 0.317 e. The molecule has 0 saturated carbocycles. The maximum absolute atomic E-state index is 12.0. The second kappa shape index (κ2) is 6.75. The van der Waals surface area contributed by atoms with Crippen molar-refractivity contribution in [3.63, 3.8) is 0 Å². The van der Waals surface area contributed by atoms with E-state index in [1.165, 1.54) is 0 Å². The Hall–Kier alpha value is -1.30. The molecule has 0 aromatic carbocycles. The first-order valence-corrected chi connectivity index (χ1v) is 6.74. The number of rotatable bonds is 5. The SMILES string of the molecule is CC(C)(CNC(=O)N1CCCC(CCO)C1)C(=O)O. The van der Waals surface area contributed by atoms with Gasteiger partial charge < -0.3 is 20.4 Å². The van der Waals surface area contributed by atoms with E-state index < -0.39 is 11.4 Å². The number of aliphatic hydroxyl groups excluding tert-OH is 1. The zero-order valence-corrected chi connectivity index (χ0v) is 11.7. The Labute approximate surface area is 113 Å². The van der Waals surface area contributed by atoms with Crippen LogP contribution in [0.3, 0.4) is 0 Å². The van der Waals surface area contributed by atoms with E-state index in [4.69, 9.17) is 10.2 Å². The van der Waals surface area contributed by atoms with E-state index in [9.17, 15) is 9.59 Å². The molecule has 1 unspecified atom stereocenters. The van der Waals surface area contributed by atoms with E-state index in [0.717, 1.165) is 12.8 Å². The molecule has 1 aliphatic heterocycles. The van der Waals surface area contributed by atoms with Crippen LogP contribution in [-0.4, -0.2) is 53.4 Å². The number of carboxylic acids is 1. The van der Waals surface area contributed by atoms with Gasteiger partial charge in [0, 0.05) is 26.2 Å². The Balaban J connectivity index is 2.43. The molecule has 6 nitrogen and oxygen atoms in total. The molecule has 1 rings (SSSR count). The second-order valence-electron chi connectivity index (χ2n) is 5.81. The maximum atomic E-state index is 12.0. The first-order valence-electron chi connectivity index (χ1n) is 6.74. The van der Waals surface area contributed by atoms with Crippen molar-refractivity contribution in [1.82, 2.24) is 10.2 Å². The summed E-state index contributed by atoms with van der Waals surface area (Å²) in [6.07, 6.45) is 2.68. The molecule has 3 N–H and O–H groups in total. The molecule has 19 heavy (non-hydrogen) atoms. The van der Waals surface area contributed by atoms with Crippen molar-refractivity contribution < 1.29 is 19.8 Å². The number of aliphatic carboxylic acids is 1. The Kier molecular flexibility index (Phi) is 5.60. The zero-order chi connectivity index (χ0) is 14.5. The van der Waals surface area contributed by atoms with Crippen LogP contribution in [0, 0.1) is 11.3 Å². The molecule has 0 aromatic heterocycles. The molecule has 1 atom stereocenters. The van der Waals surface area contributed by atoms with Crippen LogP contribution < -0.4 is 5.32 Å². The van der Waals surface area contributed by atoms with Gasteiger partial charge in [0.05, 0.1) is 5.41 Å². The molecular weight excluding hydrogens is 248 g/mol. The number of carboxylic acid groups (broad SMARTS) is 1. The lowest BCUT2D eigenvalue weighted by atomic mass is 9.94. The monoisotopic (exact) mass is 272 g/mol. The summed E-state index contributed by atoms with van der Waals surface area (Å²) in [6, 6.07) is -0.211. The van der Waals surface area contributed by atoms with Crippen LogP contribution in [0.25, 0.3) is 0 Å². The molecule has 1 fully saturated rings. The predicted molar refractivity (Wildman–Crippen MR) is 70.8 cm³/mol. The van der Waals surface area contributed by atoms with Gasteiger partial charge in [-0.3, -0.25) is 4.79 Å². The maximum Gasteiger partial charge on any atom is 0.317 e. The first-order chi connectivity index (χ1) is 8.86. The van der Waals surface area contributed by atoms with Gasteiger partial charge in [-0.25, -0.2) is 4.79 Å². The van der Waals surface area contributed by atoms with Gasteiger partial charge in [-0.05, 0) is 39.0 Å². The summed E-state index contributed by atoms with van der Waals surface area (Å²) in [5.41, 5.74) is -0.962. The predicted octanol–water partition coefficient (Wildman–Crippen LogP) is 0.901. The van der Waals surface area contributed by atoms with Gasteiger partial charge in [-0.2, -0.15) is 0 Å². The highest BCUT2D eigenvalue weighted by Gasteiger charge is 2.29. The summed E-state index contributed by atoms with van der Waals surface area (Å²) in [7, 11) is 0. The minimum absolute atomic E-state index is 0.113. The van der Waals surface area contributed by atoms with Crippen LogP contribution in [0.1, 0.15) is 33.1 Å². The third-order valence-electron chi connectivity index (χ3n) is 3.60. The normalized spacial score (nSPS) is 20.2. The molecule has 0 aliphatic carbocycles. The summed E-state index contributed by atoms with van der Waals surface area (Å²) in [5, 5.41) is 20.6. The van der Waals surface area contributed by atoms with Crippen LogP contribution in [0.4, 0.5) is 4.79 Å². The number of amides is 2. The number of aliphatic hydroxyl groups is 1. The van der Waals surface area contributed by atoms with Crippen molar-refractivity contribution in [2.75, 3.05) is 26.2 Å². The van der Waals surface area contributed by atoms with Crippen LogP contribution in [0.2, 0.25) is 0 Å². The molecule has 0 radical (unpaired) electrons. The Morgan fingerprint density at radius 2 is 2.11 bits per heavy atom. The molecule has 6 heteroatoms. The molecule has 0 spiro atoms. The minimum Gasteiger partial charge on any atom is -0.481 e. The summed E-state index contributed by atoms with van der Waals surface area (Å²) in [6.45, 7) is 4.76. The minimum atomic E-state index is -0.962. The van der Waals surface area contributed by atoms with Gasteiger partial charge in [-0.15, -0.1) is 0 Å². The van der Waals surface area contributed by atoms with Crippen molar-refractivity contribution in [3.8, 4) is 0 Å². The largest absolute Gasteiger partial charge is 0.481 e. The van der Waals surface area contributed by atoms with E-state index in [-0.39, 0.29) is 19.2 Å². The highest BCUT2D eigenvalue weighted by Crippen LogP contribution is 2.19. The molecule has 2 amide bonds. The average molecular weight is 272 g/mol. The van der Waals surface area contributed by atoms with Gasteiger partial charge in [0.2, 0.25) is 0 Å². The summed E-state index contributed by atoms with van der Waals surface area (Å²) < 4.78 is 0. The second-order valence-corrected chi connectivity index (χ2v) is 5.81. The van der Waals surface area contributed by atoms with Gasteiger partial charge in [-0.1, -0.05) is 0 Å². The van der Waals surface area contributed by atoms with Gasteiger partial charge >= 0.3 is 12.0 Å². The number of piperidine rings is 1. The van der Waals surface area contributed by atoms with Gasteiger partial charge in [0.25, 0.3) is 0 Å². The molecule has 110 valence electrons. The highest BCUT2D eigenvalue weighted by molar-refractivity contribution is 5.77. The average Bonchev–Trinajstić information content (AvgIpc) is 2.36. The fourth-order valence-electron chi connectivity index (χ4n) is 2.15. The molecule has 0 aromatic rings. The quantitative estimate of drug-likeness (QED) is 0.693. The lowest BCUT2D eigenvalue weighted by Crippen LogP contribution is -2.48. The molecule has 1 saturated heterocycles. The lowest BCUT2D eigenvalue weighted by molar-refractivity contribution is -0.146. The van der Waals surface area contributed by atoms with Crippen LogP contribution in [-0.2, 0) is 4.79 Å². The Bertz CT molecular complexity index is 329. The molecule has 0 bridgehead atoms. The number of nitrogens with zero attached hydrogens (tertiary/aromatic N) is 1. The fraction of sp³-hybridized carbons (Fsp3) is 0.846. The van der Waals surface area contributed by atoms with E-state index in [0.29, 0.717) is 25.4 Å². The fourth-order valence-corrected chi connectivity index (χ4v) is 2.15. The summed E-state index contributed by atoms with van der Waals surface area (Å²) in [5.74, 6) is -0.582. The third-order valence-corrected chi connectivity index (χ3v) is 3.60. The van der Waals surface area contributed by atoms with E-state index in [1.807, 2.05) is 0 Å². The van der Waals surface area contributed by atoms with Crippen LogP contribution in [0.15, 0.2) is 0 Å². The standard InChI is InChI=1S/C13H24N2O4/c1-13(2,11(17)18)9-14-12(19)15-6-3-4-10(8-15)5-7-16/h10,16H,3-9H2,1-2H3,(H,14,19)(H,17,18). The van der Waals surface area contributed by atoms with Crippen LogP contribution >= 0.6 is 0 Å². The van der Waals surface area contributed by atoms with Gasteiger partial charge in [0.1, 0.15) is 0 Å². The zero-order valence-electron chi connectivity index (χ0n) is 11.7.